The molecule has 13 heteroatoms. The third-order valence-corrected chi connectivity index (χ3v) is 6.57. The molecule has 42 heavy (non-hydrogen) atoms. The molecule has 224 valence electrons. The normalized spacial score (nSPS) is 14.6. The number of rotatable bonds is 8. The molecule has 1 saturated heterocycles. The molecule has 4 rings (SSSR count). The van der Waals surface area contributed by atoms with Crippen molar-refractivity contribution in [1.29, 1.82) is 0 Å². The molecule has 0 bridgehead atoms. The molecule has 0 atom stereocenters. The van der Waals surface area contributed by atoms with Crippen molar-refractivity contribution in [3.8, 4) is 0 Å². The van der Waals surface area contributed by atoms with Crippen LogP contribution in [0.25, 0.3) is 0 Å². The Hall–Kier alpha value is -4.00. The number of amides is 1. The van der Waals surface area contributed by atoms with Crippen molar-refractivity contribution in [3.05, 3.63) is 106 Å². The Morgan fingerprint density at radius 1 is 0.810 bits per heavy atom. The van der Waals surface area contributed by atoms with E-state index in [4.69, 9.17) is 4.84 Å². The van der Waals surface area contributed by atoms with Crippen molar-refractivity contribution in [2.75, 3.05) is 19.6 Å². The van der Waals surface area contributed by atoms with Gasteiger partial charge < -0.3 is 10.2 Å². The molecular weight excluding hydrogens is 574 g/mol. The van der Waals surface area contributed by atoms with E-state index in [0.29, 0.717) is 54.9 Å². The number of piperidine rings is 1. The van der Waals surface area contributed by atoms with Gasteiger partial charge in [-0.3, -0.25) is 9.69 Å². The maximum absolute atomic E-state index is 13.4. The van der Waals surface area contributed by atoms with Gasteiger partial charge in [0.25, 0.3) is 0 Å². The van der Waals surface area contributed by atoms with Gasteiger partial charge in [0, 0.05) is 32.5 Å². The second kappa shape index (κ2) is 12.9. The van der Waals surface area contributed by atoms with Crippen molar-refractivity contribution in [2.45, 2.75) is 37.8 Å². The number of carbonyl (C=O) groups is 1. The summed E-state index contributed by atoms with van der Waals surface area (Å²) in [4.78, 5) is 20.0. The van der Waals surface area contributed by atoms with Crippen molar-refractivity contribution in [2.24, 2.45) is 5.16 Å². The molecule has 1 aliphatic rings. The third kappa shape index (κ3) is 8.51. The Balaban J connectivity index is 1.32. The summed E-state index contributed by atoms with van der Waals surface area (Å²) in [7, 11) is 0. The molecule has 1 N–H and O–H groups in total. The summed E-state index contributed by atoms with van der Waals surface area (Å²) in [5.74, 6) is -1.43. The average Bonchev–Trinajstić information content (AvgIpc) is 2.93. The third-order valence-electron chi connectivity index (χ3n) is 6.57. The second-order valence-corrected chi connectivity index (χ2v) is 9.71. The molecule has 3 aromatic carbocycles. The highest BCUT2D eigenvalue weighted by atomic mass is 19.4. The van der Waals surface area contributed by atoms with E-state index in [2.05, 4.69) is 10.5 Å². The maximum atomic E-state index is 13.4. The molecule has 1 fully saturated rings. The van der Waals surface area contributed by atoms with E-state index in [-0.39, 0.29) is 18.2 Å². The molecule has 0 aromatic heterocycles. The van der Waals surface area contributed by atoms with Gasteiger partial charge in [-0.25, -0.2) is 8.78 Å². The quantitative estimate of drug-likeness (QED) is 0.227. The van der Waals surface area contributed by atoms with Gasteiger partial charge >= 0.3 is 12.4 Å². The Labute approximate surface area is 235 Å². The van der Waals surface area contributed by atoms with E-state index < -0.39 is 53.7 Å². The number of nitrogens with one attached hydrogen (secondary N) is 1. The predicted octanol–water partition coefficient (Wildman–Crippen LogP) is 6.88. The van der Waals surface area contributed by atoms with Crippen molar-refractivity contribution >= 4 is 11.6 Å². The van der Waals surface area contributed by atoms with Crippen LogP contribution >= 0.6 is 0 Å². The second-order valence-electron chi connectivity index (χ2n) is 9.71. The van der Waals surface area contributed by atoms with E-state index >= 15 is 0 Å². The van der Waals surface area contributed by atoms with Crippen LogP contribution in [0, 0.1) is 11.6 Å². The zero-order valence-electron chi connectivity index (χ0n) is 21.9. The fourth-order valence-corrected chi connectivity index (χ4v) is 4.36. The number of carbonyl (C=O) groups excluding carboxylic acids is 1. The standard InChI is InChI=1S/C29H25F8N3O2/c30-23-5-1-19(2-6-23)27(20-3-7-24(31)8-4-20)42-39-25-9-11-40(12-10-25)17-26(41)38-16-18-13-21(28(32,33)34)15-22(14-18)29(35,36)37/h1-8,13-15,27H,9-12,16-17H2,(H,38,41). The van der Waals surface area contributed by atoms with Gasteiger partial charge in [-0.2, -0.15) is 26.3 Å². The van der Waals surface area contributed by atoms with Gasteiger partial charge in [0.05, 0.1) is 23.4 Å². The lowest BCUT2D eigenvalue weighted by Crippen LogP contribution is -2.41. The number of oxime groups is 1. The zero-order chi connectivity index (χ0) is 30.5. The molecule has 5 nitrogen and oxygen atoms in total. The molecule has 0 unspecified atom stereocenters. The first-order valence-corrected chi connectivity index (χ1v) is 12.8. The molecule has 0 aliphatic carbocycles. The highest BCUT2D eigenvalue weighted by molar-refractivity contribution is 5.85. The SMILES string of the molecule is O=C(CN1CCC(=NOC(c2ccc(F)cc2)c2ccc(F)cc2)CC1)NCc1cc(C(F)(F)F)cc(C(F)(F)F)c1. The first-order valence-electron chi connectivity index (χ1n) is 12.8. The van der Waals surface area contributed by atoms with Crippen LogP contribution < -0.4 is 5.32 Å². The number of likely N-dealkylation sites (tertiary alicyclic amines) is 1. The fourth-order valence-electron chi connectivity index (χ4n) is 4.36. The Kier molecular flexibility index (Phi) is 9.50. The summed E-state index contributed by atoms with van der Waals surface area (Å²) in [6, 6.07) is 12.4. The average molecular weight is 600 g/mol. The summed E-state index contributed by atoms with van der Waals surface area (Å²) < 4.78 is 105. The van der Waals surface area contributed by atoms with Crippen LogP contribution in [0.3, 0.4) is 0 Å². The number of nitrogens with zero attached hydrogens (tertiary/aromatic N) is 2. The molecule has 0 radical (unpaired) electrons. The van der Waals surface area contributed by atoms with Gasteiger partial charge in [-0.1, -0.05) is 29.4 Å². The largest absolute Gasteiger partial charge is 0.416 e. The van der Waals surface area contributed by atoms with Crippen LogP contribution in [0.4, 0.5) is 35.1 Å². The molecule has 0 saturated carbocycles. The minimum absolute atomic E-state index is 0.0312. The summed E-state index contributed by atoms with van der Waals surface area (Å²) >= 11 is 0. The van der Waals surface area contributed by atoms with Crippen molar-refractivity contribution in [3.63, 3.8) is 0 Å². The minimum atomic E-state index is -4.98. The highest BCUT2D eigenvalue weighted by Gasteiger charge is 2.37. The Bertz CT molecular complexity index is 1320. The van der Waals surface area contributed by atoms with E-state index in [0.717, 1.165) is 0 Å². The number of hydrogen-bond donors (Lipinski definition) is 1. The van der Waals surface area contributed by atoms with Crippen LogP contribution in [0.5, 0.6) is 0 Å². The van der Waals surface area contributed by atoms with E-state index in [1.54, 1.807) is 4.90 Å². The van der Waals surface area contributed by atoms with E-state index in [9.17, 15) is 39.9 Å². The lowest BCUT2D eigenvalue weighted by molar-refractivity contribution is -0.143. The van der Waals surface area contributed by atoms with Gasteiger partial charge in [0.2, 0.25) is 5.91 Å². The van der Waals surface area contributed by atoms with Crippen molar-refractivity contribution < 1.29 is 44.8 Å². The van der Waals surface area contributed by atoms with Crippen LogP contribution in [-0.4, -0.2) is 36.2 Å². The lowest BCUT2D eigenvalue weighted by atomic mass is 10.0. The number of hydrogen-bond acceptors (Lipinski definition) is 4. The number of alkyl halides is 6. The molecule has 1 aliphatic heterocycles. The van der Waals surface area contributed by atoms with Crippen LogP contribution in [0.2, 0.25) is 0 Å². The summed E-state index contributed by atoms with van der Waals surface area (Å²) in [6.45, 7) is 0.172. The molecule has 1 amide bonds. The molecular formula is C29H25F8N3O2. The smallest absolute Gasteiger partial charge is 0.383 e. The first-order chi connectivity index (χ1) is 19.8. The van der Waals surface area contributed by atoms with E-state index in [1.165, 1.54) is 48.5 Å². The minimum Gasteiger partial charge on any atom is -0.383 e. The monoisotopic (exact) mass is 599 g/mol. The summed E-state index contributed by atoms with van der Waals surface area (Å²) in [5.41, 5.74) is -1.34. The van der Waals surface area contributed by atoms with E-state index in [1.807, 2.05) is 0 Å². The van der Waals surface area contributed by atoms with Crippen LogP contribution in [0.1, 0.15) is 46.8 Å². The lowest BCUT2D eigenvalue weighted by Gasteiger charge is -2.27. The number of halogens is 8. The van der Waals surface area contributed by atoms with Gasteiger partial charge in [-0.15, -0.1) is 0 Å². The first kappa shape index (κ1) is 30.9. The summed E-state index contributed by atoms with van der Waals surface area (Å²) in [6.07, 6.45) is -9.83. The Morgan fingerprint density at radius 3 is 1.74 bits per heavy atom. The van der Waals surface area contributed by atoms with Crippen molar-refractivity contribution in [1.82, 2.24) is 10.2 Å². The summed E-state index contributed by atoms with van der Waals surface area (Å²) in [5, 5.41) is 6.62. The molecule has 0 spiro atoms. The fraction of sp³-hybridized carbons (Fsp3) is 0.310. The van der Waals surface area contributed by atoms with Gasteiger partial charge in [0.15, 0.2) is 6.10 Å². The number of benzene rings is 3. The topological polar surface area (TPSA) is 53.9 Å². The Morgan fingerprint density at radius 2 is 1.29 bits per heavy atom. The zero-order valence-corrected chi connectivity index (χ0v) is 21.9. The van der Waals surface area contributed by atoms with Crippen LogP contribution in [-0.2, 0) is 28.5 Å². The molecule has 3 aromatic rings. The van der Waals surface area contributed by atoms with Gasteiger partial charge in [-0.05, 0) is 59.2 Å². The highest BCUT2D eigenvalue weighted by Crippen LogP contribution is 2.36. The maximum Gasteiger partial charge on any atom is 0.416 e. The molecule has 1 heterocycles. The van der Waals surface area contributed by atoms with Crippen LogP contribution in [0.15, 0.2) is 71.9 Å². The van der Waals surface area contributed by atoms with Gasteiger partial charge in [0.1, 0.15) is 11.6 Å². The predicted molar refractivity (Wildman–Crippen MR) is 137 cm³/mol.